The number of nitrogens with two attached hydrogens (primary N) is 1. The van der Waals surface area contributed by atoms with E-state index in [1.165, 1.54) is 0 Å². The Morgan fingerprint density at radius 1 is 1.39 bits per heavy atom. The van der Waals surface area contributed by atoms with E-state index >= 15 is 0 Å². The van der Waals surface area contributed by atoms with Crippen LogP contribution in [0.15, 0.2) is 0 Å². The predicted molar refractivity (Wildman–Crippen MR) is 74.0 cm³/mol. The zero-order valence-electron chi connectivity index (χ0n) is 12.0. The molecule has 5 nitrogen and oxygen atoms in total. The number of anilines is 2. The highest BCUT2D eigenvalue weighted by molar-refractivity contribution is 5.68. The Balaban J connectivity index is 2.44. The molecule has 0 amide bonds. The lowest BCUT2D eigenvalue weighted by molar-refractivity contribution is 0.0635. The summed E-state index contributed by atoms with van der Waals surface area (Å²) >= 11 is 0. The van der Waals surface area contributed by atoms with Gasteiger partial charge in [-0.2, -0.15) is 5.10 Å². The highest BCUT2D eigenvalue weighted by Crippen LogP contribution is 2.35. The summed E-state index contributed by atoms with van der Waals surface area (Å²) in [7, 11) is 1.96. The Labute approximate surface area is 109 Å². The summed E-state index contributed by atoms with van der Waals surface area (Å²) in [6.45, 7) is 10.9. The highest BCUT2D eigenvalue weighted by atomic mass is 16.5. The number of aromatic nitrogens is 2. The minimum Gasteiger partial charge on any atom is -0.394 e. The molecule has 0 atom stereocenters. The van der Waals surface area contributed by atoms with E-state index in [-0.39, 0.29) is 5.54 Å². The molecule has 5 heteroatoms. The van der Waals surface area contributed by atoms with Crippen LogP contribution in [0, 0.1) is 0 Å². The molecule has 2 N–H and O–H groups in total. The van der Waals surface area contributed by atoms with Gasteiger partial charge in [0.25, 0.3) is 0 Å². The van der Waals surface area contributed by atoms with Gasteiger partial charge in [-0.3, -0.25) is 4.68 Å². The average molecular weight is 252 g/mol. The van der Waals surface area contributed by atoms with Crippen molar-refractivity contribution in [1.82, 2.24) is 9.78 Å². The van der Waals surface area contributed by atoms with E-state index < -0.39 is 0 Å². The summed E-state index contributed by atoms with van der Waals surface area (Å²) in [4.78, 5) is 2.31. The quantitative estimate of drug-likeness (QED) is 0.871. The van der Waals surface area contributed by atoms with Crippen molar-refractivity contribution in [2.75, 3.05) is 30.4 Å². The Hall–Kier alpha value is -1.23. The molecule has 0 radical (unpaired) electrons. The number of hydrogen-bond donors (Lipinski definition) is 1. The molecule has 102 valence electrons. The van der Waals surface area contributed by atoms with E-state index in [0.717, 1.165) is 30.4 Å². The lowest BCUT2D eigenvalue weighted by Gasteiger charge is -2.43. The zero-order chi connectivity index (χ0) is 13.5. The van der Waals surface area contributed by atoms with Gasteiger partial charge in [0.15, 0.2) is 5.82 Å². The second-order valence-electron chi connectivity index (χ2n) is 5.92. The number of ether oxygens (including phenoxy) is 1. The van der Waals surface area contributed by atoms with Gasteiger partial charge in [-0.1, -0.05) is 13.8 Å². The first kappa shape index (κ1) is 13.2. The zero-order valence-corrected chi connectivity index (χ0v) is 12.0. The van der Waals surface area contributed by atoms with Crippen molar-refractivity contribution in [1.29, 1.82) is 0 Å². The molecule has 0 aromatic carbocycles. The van der Waals surface area contributed by atoms with Crippen LogP contribution in [-0.2, 0) is 11.8 Å². The summed E-state index contributed by atoms with van der Waals surface area (Å²) in [5.41, 5.74) is 8.03. The van der Waals surface area contributed by atoms with Gasteiger partial charge >= 0.3 is 0 Å². The highest BCUT2D eigenvalue weighted by Gasteiger charge is 2.34. The topological polar surface area (TPSA) is 56.3 Å². The molecule has 1 aliphatic heterocycles. The van der Waals surface area contributed by atoms with Gasteiger partial charge in [0.1, 0.15) is 0 Å². The molecule has 0 unspecified atom stereocenters. The van der Waals surface area contributed by atoms with Crippen molar-refractivity contribution in [3.63, 3.8) is 0 Å². The standard InChI is InChI=1S/C13H24N4O/c1-9(2)11-10(14)12(16(5)15-11)17-6-7-18-8-13(17,3)4/h9H,6-8,14H2,1-5H3. The van der Waals surface area contributed by atoms with Crippen LogP contribution in [0.3, 0.4) is 0 Å². The fourth-order valence-corrected chi connectivity index (χ4v) is 2.55. The fourth-order valence-electron chi connectivity index (χ4n) is 2.55. The van der Waals surface area contributed by atoms with Gasteiger partial charge in [0, 0.05) is 13.6 Å². The third-order valence-corrected chi connectivity index (χ3v) is 3.53. The molecule has 1 fully saturated rings. The molecule has 1 aliphatic rings. The third kappa shape index (κ3) is 2.07. The molecule has 2 rings (SSSR count). The second kappa shape index (κ2) is 4.46. The molecule has 0 bridgehead atoms. The fraction of sp³-hybridized carbons (Fsp3) is 0.769. The molecule has 18 heavy (non-hydrogen) atoms. The van der Waals surface area contributed by atoms with Crippen molar-refractivity contribution < 1.29 is 4.74 Å². The minimum absolute atomic E-state index is 0.0472. The van der Waals surface area contributed by atoms with Crippen LogP contribution in [0.1, 0.15) is 39.3 Å². The maximum atomic E-state index is 6.29. The molecule has 0 saturated carbocycles. The summed E-state index contributed by atoms with van der Waals surface area (Å²) in [5, 5.41) is 4.56. The van der Waals surface area contributed by atoms with E-state index in [4.69, 9.17) is 10.5 Å². The van der Waals surface area contributed by atoms with E-state index in [2.05, 4.69) is 37.7 Å². The van der Waals surface area contributed by atoms with Crippen LogP contribution in [0.4, 0.5) is 11.5 Å². The smallest absolute Gasteiger partial charge is 0.151 e. The first-order valence-electron chi connectivity index (χ1n) is 6.52. The van der Waals surface area contributed by atoms with Gasteiger partial charge in [0.05, 0.1) is 30.1 Å². The van der Waals surface area contributed by atoms with E-state index in [1.807, 2.05) is 11.7 Å². The lowest BCUT2D eigenvalue weighted by atomic mass is 10.0. The van der Waals surface area contributed by atoms with E-state index in [1.54, 1.807) is 0 Å². The molecular weight excluding hydrogens is 228 g/mol. The average Bonchev–Trinajstić information content (AvgIpc) is 2.55. The van der Waals surface area contributed by atoms with Crippen molar-refractivity contribution >= 4 is 11.5 Å². The number of morpholine rings is 1. The van der Waals surface area contributed by atoms with Crippen LogP contribution in [-0.4, -0.2) is 35.1 Å². The monoisotopic (exact) mass is 252 g/mol. The van der Waals surface area contributed by atoms with Gasteiger partial charge < -0.3 is 15.4 Å². The maximum Gasteiger partial charge on any atom is 0.151 e. The van der Waals surface area contributed by atoms with Gasteiger partial charge in [-0.05, 0) is 19.8 Å². The van der Waals surface area contributed by atoms with Crippen LogP contribution >= 0.6 is 0 Å². The minimum atomic E-state index is -0.0472. The first-order chi connectivity index (χ1) is 8.34. The number of hydrogen-bond acceptors (Lipinski definition) is 4. The maximum absolute atomic E-state index is 6.29. The molecule has 1 saturated heterocycles. The molecule has 0 spiro atoms. The van der Waals surface area contributed by atoms with Crippen molar-refractivity contribution in [3.05, 3.63) is 5.69 Å². The van der Waals surface area contributed by atoms with Crippen LogP contribution < -0.4 is 10.6 Å². The molecule has 0 aliphatic carbocycles. The van der Waals surface area contributed by atoms with Crippen LogP contribution in [0.25, 0.3) is 0 Å². The molecule has 1 aromatic heterocycles. The van der Waals surface area contributed by atoms with Crippen molar-refractivity contribution in [2.45, 2.75) is 39.2 Å². The van der Waals surface area contributed by atoms with E-state index in [0.29, 0.717) is 12.5 Å². The Kier molecular flexibility index (Phi) is 3.27. The SMILES string of the molecule is CC(C)c1nn(C)c(N2CCOCC2(C)C)c1N. The summed E-state index contributed by atoms with van der Waals surface area (Å²) < 4.78 is 7.46. The summed E-state index contributed by atoms with van der Waals surface area (Å²) in [6.07, 6.45) is 0. The van der Waals surface area contributed by atoms with Crippen LogP contribution in [0.5, 0.6) is 0 Å². The lowest BCUT2D eigenvalue weighted by Crippen LogP contribution is -2.54. The third-order valence-electron chi connectivity index (χ3n) is 3.53. The summed E-state index contributed by atoms with van der Waals surface area (Å²) in [5.74, 6) is 1.36. The second-order valence-corrected chi connectivity index (χ2v) is 5.92. The number of nitrogens with zero attached hydrogens (tertiary/aromatic N) is 3. The van der Waals surface area contributed by atoms with Gasteiger partial charge in [-0.15, -0.1) is 0 Å². The van der Waals surface area contributed by atoms with E-state index in [9.17, 15) is 0 Å². The van der Waals surface area contributed by atoms with Crippen molar-refractivity contribution in [2.24, 2.45) is 7.05 Å². The normalized spacial score (nSPS) is 19.6. The number of nitrogen functional groups attached to an aromatic ring is 1. The number of aryl methyl sites for hydroxylation is 1. The van der Waals surface area contributed by atoms with Crippen molar-refractivity contribution in [3.8, 4) is 0 Å². The summed E-state index contributed by atoms with van der Waals surface area (Å²) in [6, 6.07) is 0. The molecule has 2 heterocycles. The molecular formula is C13H24N4O. The van der Waals surface area contributed by atoms with Gasteiger partial charge in [0.2, 0.25) is 0 Å². The largest absolute Gasteiger partial charge is 0.394 e. The molecule has 1 aromatic rings. The Morgan fingerprint density at radius 3 is 2.56 bits per heavy atom. The predicted octanol–water partition coefficient (Wildman–Crippen LogP) is 1.74. The van der Waals surface area contributed by atoms with Gasteiger partial charge in [-0.25, -0.2) is 0 Å². The Bertz CT molecular complexity index is 436. The number of rotatable bonds is 2. The van der Waals surface area contributed by atoms with Crippen LogP contribution in [0.2, 0.25) is 0 Å². The Morgan fingerprint density at radius 2 is 2.06 bits per heavy atom. The first-order valence-corrected chi connectivity index (χ1v) is 6.52.